The van der Waals surface area contributed by atoms with Gasteiger partial charge in [0.15, 0.2) is 6.19 Å². The Labute approximate surface area is 106 Å². The van der Waals surface area contributed by atoms with Crippen LogP contribution in [0, 0.1) is 11.5 Å². The molecule has 0 saturated carbocycles. The van der Waals surface area contributed by atoms with Crippen LogP contribution in [0.25, 0.3) is 0 Å². The molecule has 1 unspecified atom stereocenters. The number of amides is 2. The first-order valence-corrected chi connectivity index (χ1v) is 6.37. The quantitative estimate of drug-likeness (QED) is 0.765. The monoisotopic (exact) mass is 241 g/mol. The van der Waals surface area contributed by atoms with Gasteiger partial charge < -0.3 is 5.32 Å². The molecule has 4 heteroatoms. The van der Waals surface area contributed by atoms with Crippen LogP contribution in [0.3, 0.4) is 0 Å². The van der Waals surface area contributed by atoms with Crippen molar-refractivity contribution in [3.05, 3.63) is 34.9 Å². The van der Waals surface area contributed by atoms with Crippen molar-refractivity contribution in [2.75, 3.05) is 6.54 Å². The lowest BCUT2D eigenvalue weighted by Crippen LogP contribution is -2.23. The van der Waals surface area contributed by atoms with Gasteiger partial charge in [-0.3, -0.25) is 0 Å². The first-order chi connectivity index (χ1) is 8.78. The van der Waals surface area contributed by atoms with E-state index in [2.05, 4.69) is 23.5 Å². The van der Waals surface area contributed by atoms with Crippen LogP contribution < -0.4 is 5.32 Å². The number of nitrogens with zero attached hydrogens (tertiary/aromatic N) is 2. The molecule has 18 heavy (non-hydrogen) atoms. The SMILES string of the molecule is N#CN1CC(c2ccc3c(c2)CCCC3)NC1=O. The van der Waals surface area contributed by atoms with Crippen molar-refractivity contribution in [2.45, 2.75) is 31.7 Å². The predicted molar refractivity (Wildman–Crippen MR) is 66.7 cm³/mol. The number of hydrogen-bond acceptors (Lipinski definition) is 2. The molecule has 2 amide bonds. The molecule has 1 N–H and O–H groups in total. The van der Waals surface area contributed by atoms with Gasteiger partial charge in [-0.25, -0.2) is 9.69 Å². The van der Waals surface area contributed by atoms with E-state index in [0.29, 0.717) is 6.54 Å². The second kappa shape index (κ2) is 4.34. The van der Waals surface area contributed by atoms with Crippen LogP contribution in [0.2, 0.25) is 0 Å². The molecule has 0 radical (unpaired) electrons. The minimum absolute atomic E-state index is 0.0515. The van der Waals surface area contributed by atoms with Crippen LogP contribution in [-0.4, -0.2) is 17.5 Å². The number of hydrogen-bond donors (Lipinski definition) is 1. The summed E-state index contributed by atoms with van der Waals surface area (Å²) in [5.74, 6) is 0. The lowest BCUT2D eigenvalue weighted by molar-refractivity contribution is 0.232. The van der Waals surface area contributed by atoms with Gasteiger partial charge in [-0.15, -0.1) is 0 Å². The van der Waals surface area contributed by atoms with Gasteiger partial charge >= 0.3 is 6.03 Å². The fourth-order valence-electron chi connectivity index (χ4n) is 2.78. The van der Waals surface area contributed by atoms with Crippen molar-refractivity contribution >= 4 is 6.03 Å². The molecule has 3 rings (SSSR count). The van der Waals surface area contributed by atoms with Crippen molar-refractivity contribution < 1.29 is 4.79 Å². The second-order valence-corrected chi connectivity index (χ2v) is 4.95. The number of nitrogens with one attached hydrogen (secondary N) is 1. The molecule has 1 aliphatic heterocycles. The third-order valence-electron chi connectivity index (χ3n) is 3.80. The Hall–Kier alpha value is -2.02. The van der Waals surface area contributed by atoms with E-state index in [1.807, 2.05) is 6.19 Å². The van der Waals surface area contributed by atoms with Crippen LogP contribution in [0.15, 0.2) is 18.2 Å². The summed E-state index contributed by atoms with van der Waals surface area (Å²) in [4.78, 5) is 12.6. The van der Waals surface area contributed by atoms with Crippen LogP contribution >= 0.6 is 0 Å². The summed E-state index contributed by atoms with van der Waals surface area (Å²) in [6.45, 7) is 0.439. The Balaban J connectivity index is 1.86. The van der Waals surface area contributed by atoms with E-state index in [0.717, 1.165) is 18.4 Å². The van der Waals surface area contributed by atoms with Crippen molar-refractivity contribution in [3.63, 3.8) is 0 Å². The summed E-state index contributed by atoms with van der Waals surface area (Å²) < 4.78 is 0. The van der Waals surface area contributed by atoms with Crippen molar-refractivity contribution in [2.24, 2.45) is 0 Å². The third kappa shape index (κ3) is 1.82. The van der Waals surface area contributed by atoms with Gasteiger partial charge in [0.2, 0.25) is 0 Å². The fourth-order valence-corrected chi connectivity index (χ4v) is 2.78. The molecule has 0 aromatic heterocycles. The highest BCUT2D eigenvalue weighted by atomic mass is 16.2. The number of carbonyl (C=O) groups is 1. The van der Waals surface area contributed by atoms with E-state index in [1.165, 1.54) is 28.9 Å². The van der Waals surface area contributed by atoms with Crippen LogP contribution in [0.4, 0.5) is 4.79 Å². The number of carbonyl (C=O) groups excluding carboxylic acids is 1. The van der Waals surface area contributed by atoms with Crippen molar-refractivity contribution in [1.82, 2.24) is 10.2 Å². The van der Waals surface area contributed by atoms with Crippen molar-refractivity contribution in [3.8, 4) is 6.19 Å². The van der Waals surface area contributed by atoms with Crippen LogP contribution in [-0.2, 0) is 12.8 Å². The Bertz CT molecular complexity index is 532. The van der Waals surface area contributed by atoms with E-state index < -0.39 is 0 Å². The molecule has 1 aliphatic carbocycles. The Kier molecular flexibility index (Phi) is 2.67. The van der Waals surface area contributed by atoms with E-state index >= 15 is 0 Å². The number of benzene rings is 1. The van der Waals surface area contributed by atoms with E-state index in [9.17, 15) is 4.79 Å². The van der Waals surface area contributed by atoms with Crippen LogP contribution in [0.5, 0.6) is 0 Å². The number of nitriles is 1. The van der Waals surface area contributed by atoms with Gasteiger partial charge in [0.05, 0.1) is 12.6 Å². The number of fused-ring (bicyclic) bond motifs is 1. The standard InChI is InChI=1S/C14H15N3O/c15-9-17-8-13(16-14(17)18)12-6-5-10-3-1-2-4-11(10)7-12/h5-7,13H,1-4,8H2,(H,16,18). The van der Waals surface area contributed by atoms with Gasteiger partial charge in [-0.1, -0.05) is 18.2 Å². The zero-order valence-electron chi connectivity index (χ0n) is 10.1. The molecular weight excluding hydrogens is 226 g/mol. The largest absolute Gasteiger partial charge is 0.331 e. The normalized spacial score (nSPS) is 22.3. The smallest absolute Gasteiger partial charge is 0.328 e. The second-order valence-electron chi connectivity index (χ2n) is 4.95. The van der Waals surface area contributed by atoms with E-state index in [4.69, 9.17) is 5.26 Å². The molecule has 0 spiro atoms. The van der Waals surface area contributed by atoms with Gasteiger partial charge in [0, 0.05) is 0 Å². The summed E-state index contributed by atoms with van der Waals surface area (Å²) in [7, 11) is 0. The van der Waals surface area contributed by atoms with E-state index in [-0.39, 0.29) is 12.1 Å². The molecule has 4 nitrogen and oxygen atoms in total. The Morgan fingerprint density at radius 1 is 1.28 bits per heavy atom. The van der Waals surface area contributed by atoms with Gasteiger partial charge in [0.25, 0.3) is 0 Å². The zero-order chi connectivity index (χ0) is 12.5. The molecule has 1 atom stereocenters. The number of rotatable bonds is 1. The highest BCUT2D eigenvalue weighted by Gasteiger charge is 2.30. The summed E-state index contributed by atoms with van der Waals surface area (Å²) in [6, 6.07) is 6.10. The minimum atomic E-state index is -0.291. The highest BCUT2D eigenvalue weighted by molar-refractivity contribution is 5.78. The highest BCUT2D eigenvalue weighted by Crippen LogP contribution is 2.26. The maximum absolute atomic E-state index is 11.5. The lowest BCUT2D eigenvalue weighted by Gasteiger charge is -2.18. The maximum atomic E-state index is 11.5. The average molecular weight is 241 g/mol. The van der Waals surface area contributed by atoms with E-state index in [1.54, 1.807) is 0 Å². The summed E-state index contributed by atoms with van der Waals surface area (Å²) in [5, 5.41) is 11.7. The van der Waals surface area contributed by atoms with Gasteiger partial charge in [0.1, 0.15) is 0 Å². The van der Waals surface area contributed by atoms with Crippen LogP contribution in [0.1, 0.15) is 35.6 Å². The summed E-state index contributed by atoms with van der Waals surface area (Å²) in [5.41, 5.74) is 3.96. The first kappa shape index (κ1) is 11.1. The zero-order valence-corrected chi connectivity index (χ0v) is 10.1. The van der Waals surface area contributed by atoms with Gasteiger partial charge in [-0.05, 0) is 42.4 Å². The summed E-state index contributed by atoms with van der Waals surface area (Å²) in [6.07, 6.45) is 6.71. The molecule has 92 valence electrons. The predicted octanol–water partition coefficient (Wildman–Crippen LogP) is 2.11. The Morgan fingerprint density at radius 2 is 2.06 bits per heavy atom. The average Bonchev–Trinajstić information content (AvgIpc) is 2.79. The molecule has 1 aromatic carbocycles. The minimum Gasteiger partial charge on any atom is -0.328 e. The summed E-state index contributed by atoms with van der Waals surface area (Å²) >= 11 is 0. The first-order valence-electron chi connectivity index (χ1n) is 6.37. The molecule has 1 heterocycles. The number of urea groups is 1. The molecular formula is C14H15N3O. The maximum Gasteiger partial charge on any atom is 0.331 e. The third-order valence-corrected chi connectivity index (χ3v) is 3.80. The molecule has 1 saturated heterocycles. The fraction of sp³-hybridized carbons (Fsp3) is 0.429. The Morgan fingerprint density at radius 3 is 2.78 bits per heavy atom. The van der Waals surface area contributed by atoms with Gasteiger partial charge in [-0.2, -0.15) is 5.26 Å². The molecule has 1 fully saturated rings. The molecule has 2 aliphatic rings. The molecule has 1 aromatic rings. The number of aryl methyl sites for hydroxylation is 2. The van der Waals surface area contributed by atoms with Crippen molar-refractivity contribution in [1.29, 1.82) is 5.26 Å². The topological polar surface area (TPSA) is 56.1 Å². The molecule has 0 bridgehead atoms. The lowest BCUT2D eigenvalue weighted by atomic mass is 9.89.